The van der Waals surface area contributed by atoms with Crippen LogP contribution in [0.5, 0.6) is 5.75 Å². The summed E-state index contributed by atoms with van der Waals surface area (Å²) in [5.41, 5.74) is 4.17. The van der Waals surface area contributed by atoms with E-state index < -0.39 is 12.0 Å². The maximum absolute atomic E-state index is 13.2. The molecule has 0 aliphatic heterocycles. The van der Waals surface area contributed by atoms with Crippen LogP contribution in [0.25, 0.3) is 0 Å². The molecule has 4 rings (SSSR count). The summed E-state index contributed by atoms with van der Waals surface area (Å²) in [5, 5.41) is 6.65. The van der Waals surface area contributed by atoms with E-state index in [9.17, 15) is 14.4 Å². The van der Waals surface area contributed by atoms with Gasteiger partial charge in [0.25, 0.3) is 0 Å². The molecule has 0 bridgehead atoms. The van der Waals surface area contributed by atoms with Crippen LogP contribution in [0.3, 0.4) is 0 Å². The Bertz CT molecular complexity index is 1570. The minimum Gasteiger partial charge on any atom is -0.494 e. The van der Waals surface area contributed by atoms with Crippen molar-refractivity contribution in [2.45, 2.75) is 64.3 Å². The van der Waals surface area contributed by atoms with Crippen LogP contribution in [0.2, 0.25) is 0 Å². The summed E-state index contributed by atoms with van der Waals surface area (Å²) in [6.45, 7) is 3.38. The number of ether oxygens (including phenoxy) is 2. The molecular formula is C40H46N2O5. The van der Waals surface area contributed by atoms with Gasteiger partial charge in [-0.25, -0.2) is 4.79 Å². The van der Waals surface area contributed by atoms with Gasteiger partial charge in [-0.1, -0.05) is 99.3 Å². The van der Waals surface area contributed by atoms with Crippen molar-refractivity contribution < 1.29 is 23.9 Å². The Morgan fingerprint density at radius 3 is 2.09 bits per heavy atom. The van der Waals surface area contributed by atoms with E-state index in [4.69, 9.17) is 9.47 Å². The molecule has 0 aliphatic carbocycles. The van der Waals surface area contributed by atoms with Crippen LogP contribution >= 0.6 is 0 Å². The number of ketones is 2. The number of carbonyl (C=O) groups excluding carboxylic acids is 3. The smallest absolute Gasteiger partial charge is 0.328 e. The zero-order valence-corrected chi connectivity index (χ0v) is 27.5. The number of anilines is 2. The lowest BCUT2D eigenvalue weighted by Gasteiger charge is -2.20. The summed E-state index contributed by atoms with van der Waals surface area (Å²) < 4.78 is 11.1. The van der Waals surface area contributed by atoms with Crippen LogP contribution in [-0.2, 0) is 16.0 Å². The third-order valence-electron chi connectivity index (χ3n) is 8.03. The summed E-state index contributed by atoms with van der Waals surface area (Å²) in [6, 6.07) is 30.9. The van der Waals surface area contributed by atoms with Gasteiger partial charge in [0, 0.05) is 47.5 Å². The van der Waals surface area contributed by atoms with E-state index >= 15 is 0 Å². The predicted octanol–water partition coefficient (Wildman–Crippen LogP) is 8.54. The summed E-state index contributed by atoms with van der Waals surface area (Å²) in [5.74, 6) is 0.374. The molecule has 1 atom stereocenters. The maximum atomic E-state index is 13.2. The van der Waals surface area contributed by atoms with Crippen molar-refractivity contribution >= 4 is 28.9 Å². The predicted molar refractivity (Wildman–Crippen MR) is 189 cm³/mol. The molecule has 0 saturated carbocycles. The van der Waals surface area contributed by atoms with E-state index in [0.717, 1.165) is 41.8 Å². The fraction of sp³-hybridized carbons (Fsp3) is 0.325. The normalized spacial score (nSPS) is 11.4. The van der Waals surface area contributed by atoms with Crippen molar-refractivity contribution in [1.82, 2.24) is 0 Å². The molecule has 1 unspecified atom stereocenters. The topological polar surface area (TPSA) is 93.7 Å². The molecule has 0 heterocycles. The molecule has 4 aromatic carbocycles. The second-order valence-electron chi connectivity index (χ2n) is 11.6. The summed E-state index contributed by atoms with van der Waals surface area (Å²) in [7, 11) is 1.36. The van der Waals surface area contributed by atoms with Crippen molar-refractivity contribution in [1.29, 1.82) is 0 Å². The van der Waals surface area contributed by atoms with E-state index in [0.29, 0.717) is 42.8 Å². The minimum atomic E-state index is -0.696. The molecule has 0 amide bonds. The van der Waals surface area contributed by atoms with Crippen molar-refractivity contribution in [3.63, 3.8) is 0 Å². The third-order valence-corrected chi connectivity index (χ3v) is 8.03. The average Bonchev–Trinajstić information content (AvgIpc) is 3.11. The van der Waals surface area contributed by atoms with Crippen molar-refractivity contribution in [3.8, 4) is 5.75 Å². The molecule has 2 N–H and O–H groups in total. The second kappa shape index (κ2) is 18.9. The van der Waals surface area contributed by atoms with Gasteiger partial charge in [-0.15, -0.1) is 0 Å². The first kappa shape index (κ1) is 35.0. The Morgan fingerprint density at radius 1 is 0.702 bits per heavy atom. The molecule has 0 fully saturated rings. The zero-order valence-electron chi connectivity index (χ0n) is 27.5. The number of carbonyl (C=O) groups is 3. The van der Waals surface area contributed by atoms with Crippen molar-refractivity contribution in [3.05, 3.63) is 125 Å². The number of unbranched alkanes of at least 4 members (excludes halogenated alkanes) is 4. The minimum absolute atomic E-state index is 0.125. The number of esters is 1. The van der Waals surface area contributed by atoms with Gasteiger partial charge in [0.15, 0.2) is 11.6 Å². The molecule has 47 heavy (non-hydrogen) atoms. The molecule has 7 heteroatoms. The second-order valence-corrected chi connectivity index (χ2v) is 11.6. The van der Waals surface area contributed by atoms with Gasteiger partial charge in [-0.05, 0) is 54.8 Å². The SMILES string of the molecule is CCCCCCCC(=O)c1ccccc1NCCCOc1ccc(CC(Nc2ccccc2C(=O)c2ccccc2)C(=O)OC)cc1. The molecule has 0 aliphatic rings. The first-order chi connectivity index (χ1) is 23.0. The first-order valence-electron chi connectivity index (χ1n) is 16.6. The average molecular weight is 635 g/mol. The number of para-hydroxylation sites is 2. The third kappa shape index (κ3) is 10.8. The van der Waals surface area contributed by atoms with Crippen molar-refractivity contribution in [2.75, 3.05) is 30.9 Å². The lowest BCUT2D eigenvalue weighted by Crippen LogP contribution is -2.33. The molecule has 246 valence electrons. The van der Waals surface area contributed by atoms with Gasteiger partial charge in [-0.3, -0.25) is 9.59 Å². The molecular weight excluding hydrogens is 588 g/mol. The number of rotatable bonds is 20. The largest absolute Gasteiger partial charge is 0.494 e. The maximum Gasteiger partial charge on any atom is 0.328 e. The number of methoxy groups -OCH3 is 1. The number of benzene rings is 4. The quantitative estimate of drug-likeness (QED) is 0.0572. The molecule has 7 nitrogen and oxygen atoms in total. The summed E-state index contributed by atoms with van der Waals surface area (Å²) in [4.78, 5) is 38.8. The molecule has 0 saturated heterocycles. The monoisotopic (exact) mass is 634 g/mol. The van der Waals surface area contributed by atoms with Gasteiger partial charge in [-0.2, -0.15) is 0 Å². The lowest BCUT2D eigenvalue weighted by molar-refractivity contribution is -0.141. The van der Waals surface area contributed by atoms with Crippen LogP contribution in [0.1, 0.15) is 83.7 Å². The fourth-order valence-corrected chi connectivity index (χ4v) is 5.42. The van der Waals surface area contributed by atoms with Crippen LogP contribution < -0.4 is 15.4 Å². The Labute approximate surface area is 278 Å². The van der Waals surface area contributed by atoms with E-state index in [2.05, 4.69) is 17.6 Å². The fourth-order valence-electron chi connectivity index (χ4n) is 5.42. The van der Waals surface area contributed by atoms with E-state index in [1.807, 2.05) is 72.8 Å². The van der Waals surface area contributed by atoms with Crippen LogP contribution in [0.15, 0.2) is 103 Å². The highest BCUT2D eigenvalue weighted by Crippen LogP contribution is 2.23. The molecule has 0 spiro atoms. The highest BCUT2D eigenvalue weighted by molar-refractivity contribution is 6.12. The zero-order chi connectivity index (χ0) is 33.3. The summed E-state index contributed by atoms with van der Waals surface area (Å²) >= 11 is 0. The molecule has 4 aromatic rings. The lowest BCUT2D eigenvalue weighted by atomic mass is 10.00. The van der Waals surface area contributed by atoms with Crippen molar-refractivity contribution in [2.24, 2.45) is 0 Å². The first-order valence-corrected chi connectivity index (χ1v) is 16.6. The van der Waals surface area contributed by atoms with Gasteiger partial charge >= 0.3 is 5.97 Å². The van der Waals surface area contributed by atoms with E-state index in [1.54, 1.807) is 30.3 Å². The van der Waals surface area contributed by atoms with Gasteiger partial charge in [0.1, 0.15) is 11.8 Å². The Hall–Kier alpha value is -4.91. The standard InChI is InChI=1S/C40H46N2O5/c1-3-4-5-6-10-22-38(43)33-18-11-13-20-35(33)41-27-15-28-47-32-25-23-30(24-26-32)29-37(40(45)46-2)42-36-21-14-12-19-34(36)39(44)31-16-8-7-9-17-31/h7-9,11-14,16-21,23-26,37,41-42H,3-6,10,15,22,27-29H2,1-2H3. The summed E-state index contributed by atoms with van der Waals surface area (Å²) in [6.07, 6.45) is 7.34. The van der Waals surface area contributed by atoms with Gasteiger partial charge in [0.2, 0.25) is 0 Å². The van der Waals surface area contributed by atoms with E-state index in [-0.39, 0.29) is 11.6 Å². The highest BCUT2D eigenvalue weighted by Gasteiger charge is 2.22. The van der Waals surface area contributed by atoms with Gasteiger partial charge < -0.3 is 20.1 Å². The highest BCUT2D eigenvalue weighted by atomic mass is 16.5. The van der Waals surface area contributed by atoms with Crippen LogP contribution in [0.4, 0.5) is 11.4 Å². The Balaban J connectivity index is 1.27. The molecule has 0 radical (unpaired) electrons. The molecule has 0 aromatic heterocycles. The Kier molecular flexibility index (Phi) is 14.1. The number of Topliss-reactive ketones (excluding diaryl/α,β-unsaturated/α-hetero) is 1. The van der Waals surface area contributed by atoms with Crippen LogP contribution in [0, 0.1) is 0 Å². The number of nitrogens with one attached hydrogen (secondary N) is 2. The Morgan fingerprint density at radius 2 is 1.36 bits per heavy atom. The number of hydrogen-bond acceptors (Lipinski definition) is 7. The van der Waals surface area contributed by atoms with Gasteiger partial charge in [0.05, 0.1) is 13.7 Å². The van der Waals surface area contributed by atoms with Crippen LogP contribution in [-0.4, -0.2) is 43.8 Å². The van der Waals surface area contributed by atoms with E-state index in [1.165, 1.54) is 26.4 Å². The number of hydrogen-bond donors (Lipinski definition) is 2.